The van der Waals surface area contributed by atoms with Crippen LogP contribution in [0, 0.1) is 0 Å². The number of ether oxygens (including phenoxy) is 1. The fraction of sp³-hybridized carbons (Fsp3) is 0.421. The Balaban J connectivity index is 1.48. The summed E-state index contributed by atoms with van der Waals surface area (Å²) in [5.74, 6) is 0.991. The Labute approximate surface area is 153 Å². The van der Waals surface area contributed by atoms with Crippen LogP contribution in [-0.2, 0) is 4.79 Å². The molecule has 1 aromatic heterocycles. The van der Waals surface area contributed by atoms with E-state index in [1.54, 1.807) is 18.4 Å². The number of carbonyl (C=O) groups excluding carboxylic acids is 1. The van der Waals surface area contributed by atoms with Crippen LogP contribution < -0.4 is 15.0 Å². The first-order valence-corrected chi connectivity index (χ1v) is 9.48. The van der Waals surface area contributed by atoms with Crippen molar-refractivity contribution in [3.8, 4) is 5.75 Å². The Morgan fingerprint density at radius 3 is 2.64 bits per heavy atom. The second kappa shape index (κ2) is 8.36. The van der Waals surface area contributed by atoms with E-state index in [4.69, 9.17) is 4.74 Å². The van der Waals surface area contributed by atoms with E-state index in [0.29, 0.717) is 6.54 Å². The monoisotopic (exact) mass is 359 g/mol. The van der Waals surface area contributed by atoms with Crippen molar-refractivity contribution in [1.82, 2.24) is 10.2 Å². The van der Waals surface area contributed by atoms with Crippen molar-refractivity contribution in [3.63, 3.8) is 0 Å². The van der Waals surface area contributed by atoms with E-state index >= 15 is 0 Å². The number of nitrogens with one attached hydrogen (secondary N) is 1. The van der Waals surface area contributed by atoms with Gasteiger partial charge < -0.3 is 15.0 Å². The quantitative estimate of drug-likeness (QED) is 0.861. The van der Waals surface area contributed by atoms with Gasteiger partial charge in [0.2, 0.25) is 5.91 Å². The summed E-state index contributed by atoms with van der Waals surface area (Å²) in [6, 6.07) is 12.2. The molecule has 6 heteroatoms. The minimum Gasteiger partial charge on any atom is -0.495 e. The summed E-state index contributed by atoms with van der Waals surface area (Å²) in [5, 5.41) is 5.12. The zero-order chi connectivity index (χ0) is 17.6. The summed E-state index contributed by atoms with van der Waals surface area (Å²) >= 11 is 1.67. The molecule has 0 radical (unpaired) electrons. The van der Waals surface area contributed by atoms with Gasteiger partial charge in [-0.25, -0.2) is 0 Å². The molecule has 0 aliphatic carbocycles. The summed E-state index contributed by atoms with van der Waals surface area (Å²) in [4.78, 5) is 18.0. The Morgan fingerprint density at radius 1 is 1.20 bits per heavy atom. The average Bonchev–Trinajstić information content (AvgIpc) is 3.17. The number of para-hydroxylation sites is 2. The third-order valence-electron chi connectivity index (χ3n) is 4.51. The Hall–Kier alpha value is -2.05. The van der Waals surface area contributed by atoms with Crippen molar-refractivity contribution in [3.05, 3.63) is 46.7 Å². The van der Waals surface area contributed by atoms with Crippen LogP contribution in [0.5, 0.6) is 5.75 Å². The number of benzene rings is 1. The van der Waals surface area contributed by atoms with Crippen molar-refractivity contribution >= 4 is 22.9 Å². The van der Waals surface area contributed by atoms with Gasteiger partial charge in [-0.05, 0) is 30.5 Å². The summed E-state index contributed by atoms with van der Waals surface area (Å²) in [6.45, 7) is 6.03. The number of hydrogen-bond acceptors (Lipinski definition) is 5. The Bertz CT molecular complexity index is 682. The molecule has 1 amide bonds. The van der Waals surface area contributed by atoms with Gasteiger partial charge in [-0.1, -0.05) is 18.2 Å². The predicted molar refractivity (Wildman–Crippen MR) is 103 cm³/mol. The zero-order valence-electron chi connectivity index (χ0n) is 14.8. The lowest BCUT2D eigenvalue weighted by molar-refractivity contribution is -0.122. The lowest BCUT2D eigenvalue weighted by Gasteiger charge is -2.36. The third-order valence-corrected chi connectivity index (χ3v) is 5.57. The van der Waals surface area contributed by atoms with Gasteiger partial charge in [0.15, 0.2) is 0 Å². The molecule has 2 heterocycles. The van der Waals surface area contributed by atoms with Crippen molar-refractivity contribution in [2.24, 2.45) is 0 Å². The molecule has 1 aliphatic rings. The Morgan fingerprint density at radius 2 is 1.96 bits per heavy atom. The van der Waals surface area contributed by atoms with Gasteiger partial charge in [0.25, 0.3) is 0 Å². The lowest BCUT2D eigenvalue weighted by atomic mass is 10.2. The van der Waals surface area contributed by atoms with E-state index in [1.165, 1.54) is 4.88 Å². The van der Waals surface area contributed by atoms with Crippen LogP contribution in [0.15, 0.2) is 41.8 Å². The number of methoxy groups -OCH3 is 1. The standard InChI is InChI=1S/C19H25N3O2S/c1-15(18-8-5-13-25-18)20-19(23)14-21-9-11-22(12-10-21)16-6-3-4-7-17(16)24-2/h3-8,13,15H,9-12,14H2,1-2H3,(H,20,23). The maximum atomic E-state index is 12.3. The zero-order valence-corrected chi connectivity index (χ0v) is 15.6. The topological polar surface area (TPSA) is 44.8 Å². The molecular formula is C19H25N3O2S. The number of amides is 1. The maximum absolute atomic E-state index is 12.3. The Kier molecular flexibility index (Phi) is 5.94. The molecule has 2 aromatic rings. The highest BCUT2D eigenvalue weighted by Gasteiger charge is 2.21. The van der Waals surface area contributed by atoms with Crippen molar-refractivity contribution in [1.29, 1.82) is 0 Å². The second-order valence-corrected chi connectivity index (χ2v) is 7.22. The number of anilines is 1. The van der Waals surface area contributed by atoms with Crippen LogP contribution in [0.1, 0.15) is 17.8 Å². The molecule has 25 heavy (non-hydrogen) atoms. The molecule has 1 aliphatic heterocycles. The molecule has 1 unspecified atom stereocenters. The first-order valence-electron chi connectivity index (χ1n) is 8.60. The molecule has 0 spiro atoms. The van der Waals surface area contributed by atoms with Gasteiger partial charge in [-0.3, -0.25) is 9.69 Å². The molecule has 0 bridgehead atoms. The molecule has 1 atom stereocenters. The van der Waals surface area contributed by atoms with Gasteiger partial charge in [0.05, 0.1) is 25.4 Å². The van der Waals surface area contributed by atoms with Crippen molar-refractivity contribution in [2.45, 2.75) is 13.0 Å². The first kappa shape index (κ1) is 17.8. The molecular weight excluding hydrogens is 334 g/mol. The predicted octanol–water partition coefficient (Wildman–Crippen LogP) is 2.76. The molecule has 5 nitrogen and oxygen atoms in total. The highest BCUT2D eigenvalue weighted by atomic mass is 32.1. The number of carbonyl (C=O) groups is 1. The van der Waals surface area contributed by atoms with Crippen LogP contribution in [0.25, 0.3) is 0 Å². The molecule has 134 valence electrons. The van der Waals surface area contributed by atoms with Crippen LogP contribution in [0.3, 0.4) is 0 Å². The molecule has 1 aromatic carbocycles. The van der Waals surface area contributed by atoms with E-state index in [0.717, 1.165) is 37.6 Å². The summed E-state index contributed by atoms with van der Waals surface area (Å²) in [7, 11) is 1.70. The second-order valence-electron chi connectivity index (χ2n) is 6.24. The number of piperazine rings is 1. The normalized spacial score (nSPS) is 16.5. The fourth-order valence-corrected chi connectivity index (χ4v) is 3.87. The number of rotatable bonds is 6. The van der Waals surface area contributed by atoms with Gasteiger partial charge in [0, 0.05) is 31.1 Å². The third kappa shape index (κ3) is 4.52. The van der Waals surface area contributed by atoms with Crippen LogP contribution in [0.2, 0.25) is 0 Å². The highest BCUT2D eigenvalue weighted by molar-refractivity contribution is 7.10. The highest BCUT2D eigenvalue weighted by Crippen LogP contribution is 2.28. The first-order chi connectivity index (χ1) is 12.2. The van der Waals surface area contributed by atoms with E-state index in [1.807, 2.05) is 36.6 Å². The van der Waals surface area contributed by atoms with Gasteiger partial charge in [-0.2, -0.15) is 0 Å². The van der Waals surface area contributed by atoms with Crippen LogP contribution >= 0.6 is 11.3 Å². The summed E-state index contributed by atoms with van der Waals surface area (Å²) < 4.78 is 5.45. The lowest BCUT2D eigenvalue weighted by Crippen LogP contribution is -2.49. The van der Waals surface area contributed by atoms with E-state index in [9.17, 15) is 4.79 Å². The largest absolute Gasteiger partial charge is 0.495 e. The smallest absolute Gasteiger partial charge is 0.234 e. The number of nitrogens with zero attached hydrogens (tertiary/aromatic N) is 2. The summed E-state index contributed by atoms with van der Waals surface area (Å²) in [5.41, 5.74) is 1.13. The molecule has 1 saturated heterocycles. The van der Waals surface area contributed by atoms with E-state index < -0.39 is 0 Å². The van der Waals surface area contributed by atoms with Gasteiger partial charge in [-0.15, -0.1) is 11.3 Å². The number of thiophene rings is 1. The summed E-state index contributed by atoms with van der Waals surface area (Å²) in [6.07, 6.45) is 0. The minimum absolute atomic E-state index is 0.0716. The van der Waals surface area contributed by atoms with Crippen molar-refractivity contribution in [2.75, 3.05) is 44.7 Å². The number of hydrogen-bond donors (Lipinski definition) is 1. The molecule has 0 saturated carbocycles. The van der Waals surface area contributed by atoms with Crippen molar-refractivity contribution < 1.29 is 9.53 Å². The molecule has 1 N–H and O–H groups in total. The van der Waals surface area contributed by atoms with Gasteiger partial charge in [0.1, 0.15) is 5.75 Å². The van der Waals surface area contributed by atoms with Crippen LogP contribution in [0.4, 0.5) is 5.69 Å². The van der Waals surface area contributed by atoms with E-state index in [-0.39, 0.29) is 11.9 Å². The SMILES string of the molecule is COc1ccccc1N1CCN(CC(=O)NC(C)c2cccs2)CC1. The molecule has 3 rings (SSSR count). The van der Waals surface area contributed by atoms with Gasteiger partial charge >= 0.3 is 0 Å². The van der Waals surface area contributed by atoms with E-state index in [2.05, 4.69) is 27.2 Å². The fourth-order valence-electron chi connectivity index (χ4n) is 3.14. The average molecular weight is 359 g/mol. The molecule has 1 fully saturated rings. The minimum atomic E-state index is 0.0716. The van der Waals surface area contributed by atoms with Crippen LogP contribution in [-0.4, -0.2) is 50.6 Å². The maximum Gasteiger partial charge on any atom is 0.234 e.